The SMILES string of the molecule is CCc1cccc(/C=N\O)c1O. The van der Waals surface area contributed by atoms with Crippen LogP contribution in [-0.4, -0.2) is 16.5 Å². The van der Waals surface area contributed by atoms with Gasteiger partial charge in [-0.25, -0.2) is 0 Å². The zero-order chi connectivity index (χ0) is 8.97. The standard InChI is InChI=1S/C9H11NO2/c1-2-7-4-3-5-8(6-10-12)9(7)11/h3-6,11-12H,2H2,1H3/b10-6-. The van der Waals surface area contributed by atoms with Gasteiger partial charge in [-0.3, -0.25) is 0 Å². The number of phenolic OH excluding ortho intramolecular Hbond substituents is 1. The van der Waals surface area contributed by atoms with Crippen molar-refractivity contribution in [3.63, 3.8) is 0 Å². The third-order valence-electron chi connectivity index (χ3n) is 1.73. The number of rotatable bonds is 2. The molecule has 12 heavy (non-hydrogen) atoms. The van der Waals surface area contributed by atoms with Crippen LogP contribution in [0, 0.1) is 0 Å². The Bertz CT molecular complexity index is 295. The Labute approximate surface area is 71.0 Å². The van der Waals surface area contributed by atoms with Crippen molar-refractivity contribution in [1.29, 1.82) is 0 Å². The molecule has 0 aliphatic rings. The van der Waals surface area contributed by atoms with Crippen LogP contribution in [0.5, 0.6) is 5.75 Å². The maximum atomic E-state index is 9.52. The van der Waals surface area contributed by atoms with Crippen LogP contribution in [0.3, 0.4) is 0 Å². The maximum absolute atomic E-state index is 9.52. The minimum atomic E-state index is 0.192. The Morgan fingerprint density at radius 2 is 2.25 bits per heavy atom. The third-order valence-corrected chi connectivity index (χ3v) is 1.73. The first kappa shape index (κ1) is 8.59. The first-order chi connectivity index (χ1) is 5.79. The molecule has 0 aliphatic carbocycles. The van der Waals surface area contributed by atoms with Gasteiger partial charge in [0.2, 0.25) is 0 Å². The van der Waals surface area contributed by atoms with Crippen LogP contribution < -0.4 is 0 Å². The highest BCUT2D eigenvalue weighted by atomic mass is 16.4. The van der Waals surface area contributed by atoms with Gasteiger partial charge >= 0.3 is 0 Å². The van der Waals surface area contributed by atoms with Gasteiger partial charge in [0.1, 0.15) is 5.75 Å². The summed E-state index contributed by atoms with van der Waals surface area (Å²) in [6.07, 6.45) is 1.98. The Kier molecular flexibility index (Phi) is 2.69. The molecule has 0 heterocycles. The molecular formula is C9H11NO2. The van der Waals surface area contributed by atoms with E-state index in [2.05, 4.69) is 5.16 Å². The lowest BCUT2D eigenvalue weighted by Gasteiger charge is -2.02. The minimum absolute atomic E-state index is 0.192. The lowest BCUT2D eigenvalue weighted by atomic mass is 10.1. The number of nitrogens with zero attached hydrogens (tertiary/aromatic N) is 1. The molecule has 0 spiro atoms. The molecule has 0 radical (unpaired) electrons. The molecule has 1 aromatic rings. The van der Waals surface area contributed by atoms with E-state index in [0.717, 1.165) is 12.0 Å². The maximum Gasteiger partial charge on any atom is 0.127 e. The van der Waals surface area contributed by atoms with E-state index in [1.165, 1.54) is 6.21 Å². The zero-order valence-electron chi connectivity index (χ0n) is 6.86. The van der Waals surface area contributed by atoms with Crippen molar-refractivity contribution in [3.05, 3.63) is 29.3 Å². The largest absolute Gasteiger partial charge is 0.507 e. The number of hydrogen-bond acceptors (Lipinski definition) is 3. The second-order valence-electron chi connectivity index (χ2n) is 2.45. The van der Waals surface area contributed by atoms with Gasteiger partial charge in [-0.2, -0.15) is 0 Å². The summed E-state index contributed by atoms with van der Waals surface area (Å²) in [6, 6.07) is 5.34. The summed E-state index contributed by atoms with van der Waals surface area (Å²) in [7, 11) is 0. The van der Waals surface area contributed by atoms with Crippen LogP contribution in [0.25, 0.3) is 0 Å². The molecule has 0 saturated heterocycles. The van der Waals surface area contributed by atoms with Crippen LogP contribution in [0.1, 0.15) is 18.1 Å². The van der Waals surface area contributed by atoms with Crippen molar-refractivity contribution < 1.29 is 10.3 Å². The average Bonchev–Trinajstić information content (AvgIpc) is 2.09. The van der Waals surface area contributed by atoms with Crippen LogP contribution in [0.15, 0.2) is 23.4 Å². The van der Waals surface area contributed by atoms with Crippen LogP contribution >= 0.6 is 0 Å². The highest BCUT2D eigenvalue weighted by Gasteiger charge is 2.02. The number of phenols is 1. The van der Waals surface area contributed by atoms with Crippen molar-refractivity contribution in [2.75, 3.05) is 0 Å². The summed E-state index contributed by atoms with van der Waals surface area (Å²) in [5.74, 6) is 0.192. The topological polar surface area (TPSA) is 52.8 Å². The zero-order valence-corrected chi connectivity index (χ0v) is 6.86. The molecule has 0 bridgehead atoms. The van der Waals surface area contributed by atoms with Gasteiger partial charge < -0.3 is 10.3 Å². The monoisotopic (exact) mass is 165 g/mol. The van der Waals surface area contributed by atoms with E-state index >= 15 is 0 Å². The highest BCUT2D eigenvalue weighted by molar-refractivity contribution is 5.83. The van der Waals surface area contributed by atoms with Gasteiger partial charge in [-0.15, -0.1) is 0 Å². The lowest BCUT2D eigenvalue weighted by Crippen LogP contribution is -1.87. The molecule has 0 fully saturated rings. The van der Waals surface area contributed by atoms with Crippen LogP contribution in [-0.2, 0) is 6.42 Å². The fraction of sp³-hybridized carbons (Fsp3) is 0.222. The molecule has 1 rings (SSSR count). The van der Waals surface area contributed by atoms with Crippen molar-refractivity contribution in [2.45, 2.75) is 13.3 Å². The van der Waals surface area contributed by atoms with E-state index in [0.29, 0.717) is 5.56 Å². The van der Waals surface area contributed by atoms with Crippen molar-refractivity contribution in [2.24, 2.45) is 5.16 Å². The highest BCUT2D eigenvalue weighted by Crippen LogP contribution is 2.20. The van der Waals surface area contributed by atoms with Gasteiger partial charge in [0.05, 0.1) is 6.21 Å². The molecule has 0 aromatic heterocycles. The summed E-state index contributed by atoms with van der Waals surface area (Å²) in [5, 5.41) is 20.6. The fourth-order valence-electron chi connectivity index (χ4n) is 1.06. The third kappa shape index (κ3) is 1.56. The molecule has 0 atom stereocenters. The lowest BCUT2D eigenvalue weighted by molar-refractivity contribution is 0.321. The van der Waals surface area contributed by atoms with Crippen molar-refractivity contribution in [3.8, 4) is 5.75 Å². The molecule has 0 saturated carbocycles. The number of hydrogen-bond donors (Lipinski definition) is 2. The second-order valence-corrected chi connectivity index (χ2v) is 2.45. The Balaban J connectivity index is 3.13. The van der Waals surface area contributed by atoms with Gasteiger partial charge in [0.15, 0.2) is 0 Å². The molecule has 1 aromatic carbocycles. The molecule has 0 unspecified atom stereocenters. The predicted molar refractivity (Wildman–Crippen MR) is 46.9 cm³/mol. The number of oxime groups is 1. The summed E-state index contributed by atoms with van der Waals surface area (Å²) >= 11 is 0. The Hall–Kier alpha value is -1.51. The number of benzene rings is 1. The predicted octanol–water partition coefficient (Wildman–Crippen LogP) is 1.76. The first-order valence-electron chi connectivity index (χ1n) is 3.78. The van der Waals surface area contributed by atoms with E-state index in [1.807, 2.05) is 19.1 Å². The van der Waals surface area contributed by atoms with Crippen LogP contribution in [0.4, 0.5) is 0 Å². The van der Waals surface area contributed by atoms with E-state index in [-0.39, 0.29) is 5.75 Å². The van der Waals surface area contributed by atoms with E-state index < -0.39 is 0 Å². The summed E-state index contributed by atoms with van der Waals surface area (Å²) < 4.78 is 0. The molecular weight excluding hydrogens is 154 g/mol. The Morgan fingerprint density at radius 1 is 1.50 bits per heavy atom. The summed E-state index contributed by atoms with van der Waals surface area (Å²) in [5.41, 5.74) is 1.39. The van der Waals surface area contributed by atoms with E-state index in [1.54, 1.807) is 6.07 Å². The smallest absolute Gasteiger partial charge is 0.127 e. The second kappa shape index (κ2) is 3.76. The fourth-order valence-corrected chi connectivity index (χ4v) is 1.06. The van der Waals surface area contributed by atoms with Crippen LogP contribution in [0.2, 0.25) is 0 Å². The molecule has 0 aliphatic heterocycles. The van der Waals surface area contributed by atoms with Crippen molar-refractivity contribution >= 4 is 6.21 Å². The molecule has 3 heteroatoms. The first-order valence-corrected chi connectivity index (χ1v) is 3.78. The molecule has 0 amide bonds. The van der Waals surface area contributed by atoms with E-state index in [4.69, 9.17) is 5.21 Å². The summed E-state index contributed by atoms with van der Waals surface area (Å²) in [4.78, 5) is 0. The number of para-hydroxylation sites is 1. The number of aromatic hydroxyl groups is 1. The van der Waals surface area contributed by atoms with Gasteiger partial charge in [0.25, 0.3) is 0 Å². The minimum Gasteiger partial charge on any atom is -0.507 e. The van der Waals surface area contributed by atoms with Gasteiger partial charge in [-0.1, -0.05) is 24.2 Å². The quantitative estimate of drug-likeness (QED) is 0.398. The van der Waals surface area contributed by atoms with Gasteiger partial charge in [-0.05, 0) is 18.1 Å². The molecule has 2 N–H and O–H groups in total. The molecule has 3 nitrogen and oxygen atoms in total. The number of aryl methyl sites for hydroxylation is 1. The Morgan fingerprint density at radius 3 is 2.83 bits per heavy atom. The normalized spacial score (nSPS) is 10.8. The summed E-state index contributed by atoms with van der Waals surface area (Å²) in [6.45, 7) is 1.95. The van der Waals surface area contributed by atoms with E-state index in [9.17, 15) is 5.11 Å². The van der Waals surface area contributed by atoms with Crippen molar-refractivity contribution in [1.82, 2.24) is 0 Å². The average molecular weight is 165 g/mol. The van der Waals surface area contributed by atoms with Gasteiger partial charge in [0, 0.05) is 5.56 Å². The molecule has 64 valence electrons.